The summed E-state index contributed by atoms with van der Waals surface area (Å²) in [6.07, 6.45) is 2.04. The molecule has 1 atom stereocenters. The first-order chi connectivity index (χ1) is 6.72. The number of aldehydes is 1. The van der Waals surface area contributed by atoms with Gasteiger partial charge in [0.1, 0.15) is 5.75 Å². The maximum absolute atomic E-state index is 10.6. The van der Waals surface area contributed by atoms with Crippen LogP contribution in [0.2, 0.25) is 5.02 Å². The molecule has 1 heterocycles. The van der Waals surface area contributed by atoms with Gasteiger partial charge in [-0.1, -0.05) is 11.6 Å². The van der Waals surface area contributed by atoms with Crippen molar-refractivity contribution < 1.29 is 9.53 Å². The Balaban J connectivity index is 2.49. The van der Waals surface area contributed by atoms with E-state index in [1.54, 1.807) is 18.2 Å². The molecular formula is C10H6Cl2O2. The van der Waals surface area contributed by atoms with E-state index in [0.29, 0.717) is 22.6 Å². The summed E-state index contributed by atoms with van der Waals surface area (Å²) in [5.41, 5.74) is 1.13. The molecule has 0 bridgehead atoms. The number of allylic oxidation sites excluding steroid dienone is 1. The molecule has 0 fully saturated rings. The molecular weight excluding hydrogens is 223 g/mol. The van der Waals surface area contributed by atoms with E-state index in [9.17, 15) is 4.79 Å². The topological polar surface area (TPSA) is 26.3 Å². The third-order valence-electron chi connectivity index (χ3n) is 2.00. The van der Waals surface area contributed by atoms with Crippen LogP contribution < -0.4 is 4.74 Å². The van der Waals surface area contributed by atoms with E-state index in [4.69, 9.17) is 27.9 Å². The molecule has 0 radical (unpaired) electrons. The molecule has 1 aromatic carbocycles. The first kappa shape index (κ1) is 9.56. The molecule has 0 spiro atoms. The quantitative estimate of drug-likeness (QED) is 0.546. The monoisotopic (exact) mass is 228 g/mol. The van der Waals surface area contributed by atoms with Crippen molar-refractivity contribution in [1.29, 1.82) is 0 Å². The number of ether oxygens (including phenoxy) is 1. The lowest BCUT2D eigenvalue weighted by Gasteiger charge is -2.19. The number of fused-ring (bicyclic) bond motifs is 1. The Hall–Kier alpha value is -0.990. The van der Waals surface area contributed by atoms with Gasteiger partial charge in [-0.3, -0.25) is 4.79 Å². The summed E-state index contributed by atoms with van der Waals surface area (Å²) in [7, 11) is 0. The van der Waals surface area contributed by atoms with Crippen molar-refractivity contribution >= 4 is 29.5 Å². The van der Waals surface area contributed by atoms with Crippen molar-refractivity contribution in [1.82, 2.24) is 0 Å². The highest BCUT2D eigenvalue weighted by Crippen LogP contribution is 2.39. The second-order valence-electron chi connectivity index (χ2n) is 2.90. The summed E-state index contributed by atoms with van der Waals surface area (Å²) in [6.45, 7) is 0. The van der Waals surface area contributed by atoms with Crippen LogP contribution >= 0.6 is 23.2 Å². The van der Waals surface area contributed by atoms with E-state index in [0.717, 1.165) is 5.56 Å². The van der Waals surface area contributed by atoms with Gasteiger partial charge in [0.05, 0.1) is 11.6 Å². The number of benzene rings is 1. The lowest BCUT2D eigenvalue weighted by atomic mass is 10.0. The minimum atomic E-state index is -0.477. The van der Waals surface area contributed by atoms with Gasteiger partial charge in [-0.05, 0) is 18.2 Å². The highest BCUT2D eigenvalue weighted by Gasteiger charge is 2.22. The Labute approximate surface area is 91.1 Å². The minimum absolute atomic E-state index is 0.404. The summed E-state index contributed by atoms with van der Waals surface area (Å²) in [6, 6.07) is 5.14. The number of carbonyl (C=O) groups is 1. The standard InChI is InChI=1S/C10H6Cl2O2/c11-7-1-2-9-8(3-7)10(12)6(4-13)5-14-9/h1-5,10H. The van der Waals surface area contributed by atoms with Crippen LogP contribution in [0.1, 0.15) is 10.9 Å². The first-order valence-corrected chi connectivity index (χ1v) is 4.79. The number of rotatable bonds is 1. The molecule has 72 valence electrons. The van der Waals surface area contributed by atoms with Gasteiger partial charge >= 0.3 is 0 Å². The zero-order chi connectivity index (χ0) is 10.1. The van der Waals surface area contributed by atoms with Gasteiger partial charge in [-0.2, -0.15) is 0 Å². The normalized spacial score (nSPS) is 19.3. The van der Waals surface area contributed by atoms with E-state index in [1.165, 1.54) is 6.26 Å². The molecule has 1 aliphatic rings. The van der Waals surface area contributed by atoms with Crippen molar-refractivity contribution in [2.24, 2.45) is 0 Å². The van der Waals surface area contributed by atoms with E-state index in [2.05, 4.69) is 0 Å². The fourth-order valence-corrected chi connectivity index (χ4v) is 1.74. The molecule has 4 heteroatoms. The van der Waals surface area contributed by atoms with Gasteiger partial charge < -0.3 is 4.74 Å². The number of halogens is 2. The van der Waals surface area contributed by atoms with Crippen LogP contribution in [-0.4, -0.2) is 6.29 Å². The number of alkyl halides is 1. The van der Waals surface area contributed by atoms with Crippen LogP contribution in [0.25, 0.3) is 0 Å². The molecule has 1 aliphatic heterocycles. The van der Waals surface area contributed by atoms with Crippen molar-refractivity contribution in [3.8, 4) is 5.75 Å². The fraction of sp³-hybridized carbons (Fsp3) is 0.100. The van der Waals surface area contributed by atoms with Crippen LogP contribution in [-0.2, 0) is 4.79 Å². The number of hydrogen-bond acceptors (Lipinski definition) is 2. The first-order valence-electron chi connectivity index (χ1n) is 3.98. The predicted octanol–water partition coefficient (Wildman–Crippen LogP) is 3.10. The molecule has 0 aliphatic carbocycles. The molecule has 0 aromatic heterocycles. The minimum Gasteiger partial charge on any atom is -0.464 e. The van der Waals surface area contributed by atoms with Crippen LogP contribution in [0.5, 0.6) is 5.75 Å². The fourth-order valence-electron chi connectivity index (χ4n) is 1.28. The molecule has 14 heavy (non-hydrogen) atoms. The number of carbonyl (C=O) groups excluding carboxylic acids is 1. The molecule has 0 saturated heterocycles. The van der Waals surface area contributed by atoms with Crippen LogP contribution in [0.3, 0.4) is 0 Å². The van der Waals surface area contributed by atoms with Crippen molar-refractivity contribution in [3.63, 3.8) is 0 Å². The largest absolute Gasteiger partial charge is 0.464 e. The summed E-state index contributed by atoms with van der Waals surface area (Å²) < 4.78 is 5.22. The zero-order valence-corrected chi connectivity index (χ0v) is 8.55. The molecule has 0 saturated carbocycles. The second kappa shape index (κ2) is 3.64. The van der Waals surface area contributed by atoms with Crippen molar-refractivity contribution in [2.75, 3.05) is 0 Å². The lowest BCUT2D eigenvalue weighted by molar-refractivity contribution is -0.105. The van der Waals surface area contributed by atoms with Gasteiger partial charge in [0.25, 0.3) is 0 Å². The van der Waals surface area contributed by atoms with Gasteiger partial charge in [0, 0.05) is 16.2 Å². The lowest BCUT2D eigenvalue weighted by Crippen LogP contribution is -2.06. The Morgan fingerprint density at radius 3 is 2.93 bits per heavy atom. The van der Waals surface area contributed by atoms with Crippen LogP contribution in [0, 0.1) is 0 Å². The molecule has 0 amide bonds. The summed E-state index contributed by atoms with van der Waals surface area (Å²) >= 11 is 11.9. The average molecular weight is 229 g/mol. The van der Waals surface area contributed by atoms with E-state index < -0.39 is 5.38 Å². The van der Waals surface area contributed by atoms with Gasteiger partial charge in [0.15, 0.2) is 6.29 Å². The second-order valence-corrected chi connectivity index (χ2v) is 3.77. The Morgan fingerprint density at radius 1 is 1.43 bits per heavy atom. The molecule has 2 rings (SSSR count). The Kier molecular flexibility index (Phi) is 2.48. The Morgan fingerprint density at radius 2 is 2.21 bits per heavy atom. The third-order valence-corrected chi connectivity index (χ3v) is 2.72. The van der Waals surface area contributed by atoms with Crippen molar-refractivity contribution in [2.45, 2.75) is 5.38 Å². The van der Waals surface area contributed by atoms with E-state index in [1.807, 2.05) is 0 Å². The summed E-state index contributed by atoms with van der Waals surface area (Å²) in [4.78, 5) is 10.6. The molecule has 1 aromatic rings. The van der Waals surface area contributed by atoms with E-state index in [-0.39, 0.29) is 0 Å². The van der Waals surface area contributed by atoms with Gasteiger partial charge in [-0.15, -0.1) is 11.6 Å². The maximum atomic E-state index is 10.6. The van der Waals surface area contributed by atoms with Crippen LogP contribution in [0.4, 0.5) is 0 Å². The molecule has 2 nitrogen and oxygen atoms in total. The smallest absolute Gasteiger partial charge is 0.150 e. The highest BCUT2D eigenvalue weighted by molar-refractivity contribution is 6.31. The maximum Gasteiger partial charge on any atom is 0.150 e. The Bertz CT molecular complexity index is 413. The van der Waals surface area contributed by atoms with E-state index >= 15 is 0 Å². The molecule has 1 unspecified atom stereocenters. The number of hydrogen-bond donors (Lipinski definition) is 0. The summed E-state index contributed by atoms with van der Waals surface area (Å²) in [5, 5.41) is 0.0973. The predicted molar refractivity (Wildman–Crippen MR) is 54.8 cm³/mol. The molecule has 0 N–H and O–H groups in total. The highest BCUT2D eigenvalue weighted by atomic mass is 35.5. The van der Waals surface area contributed by atoms with Gasteiger partial charge in [0.2, 0.25) is 0 Å². The average Bonchev–Trinajstić information content (AvgIpc) is 2.20. The van der Waals surface area contributed by atoms with Gasteiger partial charge in [-0.25, -0.2) is 0 Å². The van der Waals surface area contributed by atoms with Crippen molar-refractivity contribution in [3.05, 3.63) is 40.6 Å². The SMILES string of the molecule is O=CC1=COc2ccc(Cl)cc2C1Cl. The summed E-state index contributed by atoms with van der Waals surface area (Å²) in [5.74, 6) is 0.639. The van der Waals surface area contributed by atoms with Crippen LogP contribution in [0.15, 0.2) is 30.0 Å². The third kappa shape index (κ3) is 1.51. The zero-order valence-electron chi connectivity index (χ0n) is 7.04.